The van der Waals surface area contributed by atoms with Gasteiger partial charge in [0.05, 0.1) is 0 Å². The Morgan fingerprint density at radius 1 is 1.34 bits per heavy atom. The Balaban J connectivity index is 1.32. The number of carbonyl (C=O) groups excluding carboxylic acids is 2. The van der Waals surface area contributed by atoms with Gasteiger partial charge in [0, 0.05) is 29.3 Å². The molecular weight excluding hydrogens is 487 g/mol. The highest BCUT2D eigenvalue weighted by atomic mass is 32.1. The van der Waals surface area contributed by atoms with Gasteiger partial charge in [0.25, 0.3) is 0 Å². The van der Waals surface area contributed by atoms with E-state index in [2.05, 4.69) is 17.2 Å². The zero-order valence-electron chi connectivity index (χ0n) is 19.9. The van der Waals surface area contributed by atoms with E-state index in [0.717, 1.165) is 36.1 Å². The fourth-order valence-electron chi connectivity index (χ4n) is 6.99. The summed E-state index contributed by atoms with van der Waals surface area (Å²) in [6.07, 6.45) is 6.80. The van der Waals surface area contributed by atoms with Gasteiger partial charge in [-0.3, -0.25) is 19.4 Å². The van der Waals surface area contributed by atoms with Crippen LogP contribution in [0.25, 0.3) is 0 Å². The van der Waals surface area contributed by atoms with E-state index in [1.165, 1.54) is 16.9 Å². The Morgan fingerprint density at radius 2 is 2.14 bits per heavy atom. The molecule has 5 rings (SSSR count). The number of fused-ring (bicyclic) bond motifs is 5. The van der Waals surface area contributed by atoms with Gasteiger partial charge < -0.3 is 9.84 Å². The predicted molar refractivity (Wildman–Crippen MR) is 132 cm³/mol. The number of aromatic nitrogens is 1. The molecule has 0 radical (unpaired) electrons. The van der Waals surface area contributed by atoms with Crippen LogP contribution in [0.15, 0.2) is 24.4 Å². The quantitative estimate of drug-likeness (QED) is 0.460. The van der Waals surface area contributed by atoms with E-state index in [-0.39, 0.29) is 28.9 Å². The molecule has 2 aromatic rings. The Bertz CT molecular complexity index is 1210. The minimum absolute atomic E-state index is 0.0562. The number of amides is 1. The first-order chi connectivity index (χ1) is 16.5. The van der Waals surface area contributed by atoms with Gasteiger partial charge in [0.15, 0.2) is 5.13 Å². The average molecular weight is 519 g/mol. The van der Waals surface area contributed by atoms with Crippen molar-refractivity contribution in [3.05, 3.63) is 40.4 Å². The number of phosphoric ester groups is 1. The molecule has 2 fully saturated rings. The van der Waals surface area contributed by atoms with Crippen molar-refractivity contribution in [1.29, 1.82) is 0 Å². The monoisotopic (exact) mass is 518 g/mol. The third-order valence-electron chi connectivity index (χ3n) is 8.38. The number of benzene rings is 1. The molecule has 0 spiro atoms. The van der Waals surface area contributed by atoms with Crippen LogP contribution in [0.4, 0.5) is 5.13 Å². The number of ketones is 1. The molecule has 0 bridgehead atoms. The second kappa shape index (κ2) is 9.11. The molecule has 0 aliphatic heterocycles. The van der Waals surface area contributed by atoms with E-state index < -0.39 is 7.82 Å². The summed E-state index contributed by atoms with van der Waals surface area (Å²) in [7, 11) is -4.60. The maximum absolute atomic E-state index is 13.2. The molecule has 1 aromatic carbocycles. The van der Waals surface area contributed by atoms with Gasteiger partial charge in [0.2, 0.25) is 5.91 Å². The summed E-state index contributed by atoms with van der Waals surface area (Å²) in [4.78, 5) is 49.3. The predicted octanol–water partition coefficient (Wildman–Crippen LogP) is 4.99. The van der Waals surface area contributed by atoms with Crippen LogP contribution in [-0.2, 0) is 20.6 Å². The minimum Gasteiger partial charge on any atom is -0.404 e. The summed E-state index contributed by atoms with van der Waals surface area (Å²) in [6, 6.07) is 5.32. The van der Waals surface area contributed by atoms with Crippen molar-refractivity contribution < 1.29 is 28.5 Å². The fraction of sp³-hybridized carbons (Fsp3) is 0.560. The van der Waals surface area contributed by atoms with Crippen LogP contribution < -0.4 is 9.84 Å². The first kappa shape index (κ1) is 24.6. The van der Waals surface area contributed by atoms with Crippen molar-refractivity contribution in [2.75, 3.05) is 5.32 Å². The van der Waals surface area contributed by atoms with Crippen molar-refractivity contribution in [3.63, 3.8) is 0 Å². The van der Waals surface area contributed by atoms with Crippen molar-refractivity contribution in [3.8, 4) is 5.75 Å². The van der Waals surface area contributed by atoms with Gasteiger partial charge in [-0.05, 0) is 86.0 Å². The van der Waals surface area contributed by atoms with E-state index in [4.69, 9.17) is 14.3 Å². The van der Waals surface area contributed by atoms with Gasteiger partial charge >= 0.3 is 7.82 Å². The van der Waals surface area contributed by atoms with E-state index in [1.807, 2.05) is 13.0 Å². The van der Waals surface area contributed by atoms with Crippen LogP contribution in [0.1, 0.15) is 67.4 Å². The summed E-state index contributed by atoms with van der Waals surface area (Å²) in [5.74, 6) is 1.55. The molecule has 3 aliphatic carbocycles. The van der Waals surface area contributed by atoms with Gasteiger partial charge in [-0.1, -0.05) is 13.0 Å². The largest absolute Gasteiger partial charge is 0.524 e. The number of nitrogens with zero attached hydrogens (tertiary/aromatic N) is 1. The summed E-state index contributed by atoms with van der Waals surface area (Å²) >= 11 is 1.45. The molecule has 188 valence electrons. The Kier molecular flexibility index (Phi) is 6.41. The van der Waals surface area contributed by atoms with Crippen molar-refractivity contribution in [2.45, 2.75) is 64.7 Å². The molecule has 3 unspecified atom stereocenters. The lowest BCUT2D eigenvalue weighted by molar-refractivity contribution is -0.129. The van der Waals surface area contributed by atoms with Crippen LogP contribution in [-0.4, -0.2) is 26.5 Å². The topological polar surface area (TPSA) is 126 Å². The molecule has 10 heteroatoms. The van der Waals surface area contributed by atoms with Gasteiger partial charge in [-0.25, -0.2) is 9.55 Å². The number of hydrogen-bond donors (Lipinski definition) is 3. The molecule has 2 saturated carbocycles. The second-order valence-corrected chi connectivity index (χ2v) is 12.9. The van der Waals surface area contributed by atoms with Crippen LogP contribution >= 0.6 is 19.2 Å². The first-order valence-electron chi connectivity index (χ1n) is 12.2. The number of aryl methyl sites for hydroxylation is 2. The molecule has 1 aromatic heterocycles. The molecule has 1 heterocycles. The van der Waals surface area contributed by atoms with Crippen molar-refractivity contribution in [2.24, 2.45) is 23.2 Å². The maximum Gasteiger partial charge on any atom is 0.524 e. The lowest BCUT2D eigenvalue weighted by Crippen LogP contribution is -2.44. The average Bonchev–Trinajstić information content (AvgIpc) is 3.30. The van der Waals surface area contributed by atoms with E-state index in [9.17, 15) is 14.2 Å². The number of anilines is 1. The number of carbonyl (C=O) groups is 2. The Hall–Kier alpha value is -2.06. The molecule has 0 saturated heterocycles. The van der Waals surface area contributed by atoms with Crippen molar-refractivity contribution in [1.82, 2.24) is 4.98 Å². The van der Waals surface area contributed by atoms with Crippen LogP contribution in [0.2, 0.25) is 0 Å². The second-order valence-electron chi connectivity index (χ2n) is 10.5. The first-order valence-corrected chi connectivity index (χ1v) is 14.5. The molecule has 5 atom stereocenters. The number of Topliss-reactive ketones (excluding diaryl/α,β-unsaturated/α-hetero) is 1. The Morgan fingerprint density at radius 3 is 2.86 bits per heavy atom. The van der Waals surface area contributed by atoms with Crippen LogP contribution in [0.5, 0.6) is 5.75 Å². The minimum atomic E-state index is -4.60. The lowest BCUT2D eigenvalue weighted by atomic mass is 9.54. The molecule has 8 nitrogen and oxygen atoms in total. The van der Waals surface area contributed by atoms with Gasteiger partial charge in [0.1, 0.15) is 11.5 Å². The maximum atomic E-state index is 13.2. The normalized spacial score (nSPS) is 29.8. The van der Waals surface area contributed by atoms with E-state index in [1.54, 1.807) is 18.3 Å². The highest BCUT2D eigenvalue weighted by molar-refractivity contribution is 7.46. The molecule has 3 aliphatic rings. The standard InChI is InChI=1S/C25H31N2O6PS/c1-14-13-26-24(35-14)27-22(29)8-4-16-12-21(28)25(2)10-9-19-18-7-5-17(33-34(30,31)32)11-15(18)3-6-20(19)23(16)25/h5,7,11,13,16,19-20,23H,3-4,6,8-10,12H2,1-2H3,(H,26,27,29)(H2,30,31,32)/t16-,19?,20?,23?,25-/m1/s1. The Labute approximate surface area is 208 Å². The lowest BCUT2D eigenvalue weighted by Gasteiger charge is -2.50. The SMILES string of the molecule is Cc1cnc(NC(=O)CC[C@@H]2CC(=O)[C@@]3(C)CCC4c5ccc(OP(=O)(O)O)cc5CCC4C23)s1. The number of rotatable bonds is 6. The van der Waals surface area contributed by atoms with E-state index in [0.29, 0.717) is 42.0 Å². The molecular formula is C25H31N2O6PS. The summed E-state index contributed by atoms with van der Waals surface area (Å²) in [6.45, 7) is 4.08. The number of nitrogens with one attached hydrogen (secondary N) is 1. The van der Waals surface area contributed by atoms with Gasteiger partial charge in [-0.15, -0.1) is 11.3 Å². The highest BCUT2D eigenvalue weighted by Crippen LogP contribution is 2.62. The van der Waals surface area contributed by atoms with E-state index >= 15 is 0 Å². The summed E-state index contributed by atoms with van der Waals surface area (Å²) < 4.78 is 16.0. The highest BCUT2D eigenvalue weighted by Gasteiger charge is 2.58. The summed E-state index contributed by atoms with van der Waals surface area (Å²) in [5, 5.41) is 3.50. The third-order valence-corrected chi connectivity index (χ3v) is 9.65. The zero-order chi connectivity index (χ0) is 25.0. The zero-order valence-corrected chi connectivity index (χ0v) is 21.6. The van der Waals surface area contributed by atoms with Crippen LogP contribution in [0.3, 0.4) is 0 Å². The third kappa shape index (κ3) is 4.84. The molecule has 35 heavy (non-hydrogen) atoms. The molecule has 1 amide bonds. The van der Waals surface area contributed by atoms with Crippen LogP contribution in [0, 0.1) is 30.1 Å². The van der Waals surface area contributed by atoms with Crippen molar-refractivity contribution >= 4 is 36.0 Å². The fourth-order valence-corrected chi connectivity index (χ4v) is 8.06. The summed E-state index contributed by atoms with van der Waals surface area (Å²) in [5.41, 5.74) is 1.94. The number of phosphoric acid groups is 1. The number of hydrogen-bond acceptors (Lipinski definition) is 6. The smallest absolute Gasteiger partial charge is 0.404 e. The molecule has 3 N–H and O–H groups in total. The van der Waals surface area contributed by atoms with Gasteiger partial charge in [-0.2, -0.15) is 0 Å². The number of thiazole rings is 1.